The van der Waals surface area contributed by atoms with Gasteiger partial charge < -0.3 is 4.57 Å². The highest BCUT2D eigenvalue weighted by molar-refractivity contribution is 5.94. The van der Waals surface area contributed by atoms with Gasteiger partial charge in [-0.15, -0.1) is 0 Å². The van der Waals surface area contributed by atoms with E-state index in [1.165, 1.54) is 22.4 Å². The molecule has 29 heavy (non-hydrogen) atoms. The molecule has 0 unspecified atom stereocenters. The molecular formula is C23H24N4O2. The summed E-state index contributed by atoms with van der Waals surface area (Å²) in [5, 5.41) is 3.89. The first-order chi connectivity index (χ1) is 13.8. The number of nitrogens with one attached hydrogen (secondary N) is 1. The third kappa shape index (κ3) is 5.25. The van der Waals surface area contributed by atoms with Crippen molar-refractivity contribution in [1.82, 2.24) is 15.0 Å². The second kappa shape index (κ2) is 8.65. The van der Waals surface area contributed by atoms with Crippen molar-refractivity contribution in [1.29, 1.82) is 0 Å². The van der Waals surface area contributed by atoms with Gasteiger partial charge >= 0.3 is 0 Å². The SMILES string of the molecule is CC(C)(C)c1ccc(Cn2cccc(C(=O)N/N=C\c3cccnc3)c2=O)cc1. The van der Waals surface area contributed by atoms with Crippen LogP contribution in [0.3, 0.4) is 0 Å². The number of rotatable bonds is 5. The number of hydrazone groups is 1. The van der Waals surface area contributed by atoms with E-state index in [-0.39, 0.29) is 16.5 Å². The van der Waals surface area contributed by atoms with E-state index in [4.69, 9.17) is 0 Å². The zero-order valence-electron chi connectivity index (χ0n) is 16.8. The molecule has 6 nitrogen and oxygen atoms in total. The maximum absolute atomic E-state index is 12.7. The van der Waals surface area contributed by atoms with Gasteiger partial charge in [-0.3, -0.25) is 14.6 Å². The molecule has 0 spiro atoms. The van der Waals surface area contributed by atoms with Crippen molar-refractivity contribution in [3.05, 3.63) is 99.7 Å². The molecule has 0 saturated carbocycles. The van der Waals surface area contributed by atoms with Crippen molar-refractivity contribution >= 4 is 12.1 Å². The molecular weight excluding hydrogens is 364 g/mol. The quantitative estimate of drug-likeness (QED) is 0.538. The zero-order chi connectivity index (χ0) is 20.9. The molecule has 0 bridgehead atoms. The van der Waals surface area contributed by atoms with Gasteiger partial charge in [-0.1, -0.05) is 51.1 Å². The molecule has 1 aromatic carbocycles. The summed E-state index contributed by atoms with van der Waals surface area (Å²) in [7, 11) is 0. The molecule has 0 aliphatic carbocycles. The van der Waals surface area contributed by atoms with Crippen LogP contribution in [-0.2, 0) is 12.0 Å². The summed E-state index contributed by atoms with van der Waals surface area (Å²) in [4.78, 5) is 29.0. The molecule has 3 rings (SSSR count). The maximum atomic E-state index is 12.7. The number of amides is 1. The van der Waals surface area contributed by atoms with Crippen molar-refractivity contribution in [3.8, 4) is 0 Å². The summed E-state index contributed by atoms with van der Waals surface area (Å²) in [5.74, 6) is -0.549. The van der Waals surface area contributed by atoms with Gasteiger partial charge in [-0.05, 0) is 34.7 Å². The minimum absolute atomic E-state index is 0.0437. The van der Waals surface area contributed by atoms with Gasteiger partial charge in [0.1, 0.15) is 5.56 Å². The first-order valence-electron chi connectivity index (χ1n) is 9.37. The number of hydrogen-bond acceptors (Lipinski definition) is 4. The van der Waals surface area contributed by atoms with Crippen LogP contribution in [0.5, 0.6) is 0 Å². The predicted octanol–water partition coefficient (Wildman–Crippen LogP) is 3.35. The fourth-order valence-corrected chi connectivity index (χ4v) is 2.82. The lowest BCUT2D eigenvalue weighted by Crippen LogP contribution is -2.30. The van der Waals surface area contributed by atoms with Crippen molar-refractivity contribution in [3.63, 3.8) is 0 Å². The number of benzene rings is 1. The van der Waals surface area contributed by atoms with Crippen molar-refractivity contribution in [2.75, 3.05) is 0 Å². The Morgan fingerprint density at radius 1 is 1.14 bits per heavy atom. The van der Waals surface area contributed by atoms with E-state index in [0.717, 1.165) is 11.1 Å². The number of carbonyl (C=O) groups is 1. The number of pyridine rings is 2. The normalized spacial score (nSPS) is 11.6. The average molecular weight is 388 g/mol. The lowest BCUT2D eigenvalue weighted by atomic mass is 9.87. The summed E-state index contributed by atoms with van der Waals surface area (Å²) in [6, 6.07) is 14.9. The first-order valence-corrected chi connectivity index (χ1v) is 9.37. The van der Waals surface area contributed by atoms with Gasteiger partial charge in [0.25, 0.3) is 11.5 Å². The minimum atomic E-state index is -0.549. The van der Waals surface area contributed by atoms with Gasteiger partial charge in [0.05, 0.1) is 12.8 Å². The molecule has 1 N–H and O–H groups in total. The van der Waals surface area contributed by atoms with Gasteiger partial charge in [0.15, 0.2) is 0 Å². The number of hydrogen-bond donors (Lipinski definition) is 1. The van der Waals surface area contributed by atoms with Crippen LogP contribution in [0.1, 0.15) is 47.8 Å². The zero-order valence-corrected chi connectivity index (χ0v) is 16.8. The fourth-order valence-electron chi connectivity index (χ4n) is 2.82. The standard InChI is InChI=1S/C23H24N4O2/c1-23(2,3)19-10-8-17(9-11-19)16-27-13-5-7-20(22(27)29)21(28)26-25-15-18-6-4-12-24-14-18/h4-15H,16H2,1-3H3,(H,26,28)/b25-15-. The highest BCUT2D eigenvalue weighted by atomic mass is 16.2. The number of aromatic nitrogens is 2. The van der Waals surface area contributed by atoms with Crippen molar-refractivity contribution in [2.45, 2.75) is 32.7 Å². The average Bonchev–Trinajstić information content (AvgIpc) is 2.70. The molecule has 0 aliphatic heterocycles. The first kappa shape index (κ1) is 20.2. The van der Waals surface area contributed by atoms with E-state index in [1.807, 2.05) is 18.2 Å². The molecule has 0 atom stereocenters. The smallest absolute Gasteiger partial charge is 0.276 e. The van der Waals surface area contributed by atoms with Crippen LogP contribution in [0.4, 0.5) is 0 Å². The van der Waals surface area contributed by atoms with Crippen molar-refractivity contribution < 1.29 is 4.79 Å². The van der Waals surface area contributed by atoms with Gasteiger partial charge in [0.2, 0.25) is 0 Å². The molecule has 0 fully saturated rings. The lowest BCUT2D eigenvalue weighted by Gasteiger charge is -2.19. The Kier molecular flexibility index (Phi) is 6.02. The summed E-state index contributed by atoms with van der Waals surface area (Å²) < 4.78 is 1.52. The second-order valence-corrected chi connectivity index (χ2v) is 7.79. The van der Waals surface area contributed by atoms with E-state index in [9.17, 15) is 9.59 Å². The number of nitrogens with zero attached hydrogens (tertiary/aromatic N) is 3. The van der Waals surface area contributed by atoms with E-state index < -0.39 is 5.91 Å². The van der Waals surface area contributed by atoms with Crippen LogP contribution >= 0.6 is 0 Å². The van der Waals surface area contributed by atoms with Crippen LogP contribution in [0.15, 0.2) is 77.0 Å². The Morgan fingerprint density at radius 2 is 1.90 bits per heavy atom. The Labute approximate surface area is 169 Å². The Balaban J connectivity index is 1.73. The van der Waals surface area contributed by atoms with E-state index in [2.05, 4.69) is 48.4 Å². The van der Waals surface area contributed by atoms with Crippen LogP contribution in [-0.4, -0.2) is 21.7 Å². The summed E-state index contributed by atoms with van der Waals surface area (Å²) in [6.07, 6.45) is 6.42. The lowest BCUT2D eigenvalue weighted by molar-refractivity contribution is 0.0953. The Hall–Kier alpha value is -3.54. The van der Waals surface area contributed by atoms with Crippen LogP contribution in [0, 0.1) is 0 Å². The minimum Gasteiger partial charge on any atom is -0.310 e. The monoisotopic (exact) mass is 388 g/mol. The second-order valence-electron chi connectivity index (χ2n) is 7.79. The molecule has 148 valence electrons. The van der Waals surface area contributed by atoms with Crippen LogP contribution < -0.4 is 11.0 Å². The Morgan fingerprint density at radius 3 is 2.55 bits per heavy atom. The third-order valence-electron chi connectivity index (χ3n) is 4.50. The highest BCUT2D eigenvalue weighted by Crippen LogP contribution is 2.22. The van der Waals surface area contributed by atoms with Gasteiger partial charge in [-0.2, -0.15) is 5.10 Å². The van der Waals surface area contributed by atoms with Gasteiger partial charge in [-0.25, -0.2) is 5.43 Å². The summed E-state index contributed by atoms with van der Waals surface area (Å²) >= 11 is 0. The van der Waals surface area contributed by atoms with Gasteiger partial charge in [0, 0.05) is 24.2 Å². The number of carbonyl (C=O) groups excluding carboxylic acids is 1. The summed E-state index contributed by atoms with van der Waals surface area (Å²) in [6.45, 7) is 6.87. The predicted molar refractivity (Wildman–Crippen MR) is 114 cm³/mol. The maximum Gasteiger partial charge on any atom is 0.276 e. The van der Waals surface area contributed by atoms with E-state index >= 15 is 0 Å². The highest BCUT2D eigenvalue weighted by Gasteiger charge is 2.14. The molecule has 2 heterocycles. The van der Waals surface area contributed by atoms with Crippen LogP contribution in [0.25, 0.3) is 0 Å². The molecule has 3 aromatic rings. The summed E-state index contributed by atoms with van der Waals surface area (Å²) in [5.41, 5.74) is 5.12. The van der Waals surface area contributed by atoms with Crippen molar-refractivity contribution in [2.24, 2.45) is 5.10 Å². The van der Waals surface area contributed by atoms with E-state index in [1.54, 1.807) is 30.7 Å². The fraction of sp³-hybridized carbons (Fsp3) is 0.217. The largest absolute Gasteiger partial charge is 0.310 e. The molecule has 6 heteroatoms. The van der Waals surface area contributed by atoms with E-state index in [0.29, 0.717) is 6.54 Å². The Bertz CT molecular complexity index is 1060. The molecule has 1 amide bonds. The van der Waals surface area contributed by atoms with Crippen LogP contribution in [0.2, 0.25) is 0 Å². The molecule has 0 aliphatic rings. The third-order valence-corrected chi connectivity index (χ3v) is 4.50. The topological polar surface area (TPSA) is 76.3 Å². The molecule has 0 saturated heterocycles. The molecule has 0 radical (unpaired) electrons. The molecule has 2 aromatic heterocycles.